The molecule has 0 aliphatic carbocycles. The van der Waals surface area contributed by atoms with Crippen LogP contribution in [0.25, 0.3) is 0 Å². The molecule has 2 aromatic carbocycles. The van der Waals surface area contributed by atoms with E-state index in [1.54, 1.807) is 6.07 Å². The molecule has 0 aromatic heterocycles. The first kappa shape index (κ1) is 14.6. The predicted molar refractivity (Wildman–Crippen MR) is 81.5 cm³/mol. The summed E-state index contributed by atoms with van der Waals surface area (Å²) in [6.07, 6.45) is 0.864. The van der Waals surface area contributed by atoms with Crippen molar-refractivity contribution in [3.8, 4) is 6.07 Å². The minimum Gasteiger partial charge on any atom is -0.478 e. The molecule has 0 radical (unpaired) electrons. The summed E-state index contributed by atoms with van der Waals surface area (Å²) in [7, 11) is 1.90. The van der Waals surface area contributed by atoms with Crippen molar-refractivity contribution >= 4 is 11.7 Å². The SMILES string of the molecule is CN(CCc1ccccc1)c1ccc(C(=O)O)cc1C#N. The van der Waals surface area contributed by atoms with Crippen LogP contribution in [0.1, 0.15) is 21.5 Å². The second-order valence-corrected chi connectivity index (χ2v) is 4.81. The summed E-state index contributed by atoms with van der Waals surface area (Å²) >= 11 is 0. The number of nitriles is 1. The molecular weight excluding hydrogens is 264 g/mol. The van der Waals surface area contributed by atoms with Crippen LogP contribution in [0.2, 0.25) is 0 Å². The zero-order valence-corrected chi connectivity index (χ0v) is 11.8. The second-order valence-electron chi connectivity index (χ2n) is 4.81. The number of carboxylic acids is 1. The maximum absolute atomic E-state index is 10.9. The van der Waals surface area contributed by atoms with Crippen LogP contribution in [0.5, 0.6) is 0 Å². The topological polar surface area (TPSA) is 64.3 Å². The molecule has 0 spiro atoms. The van der Waals surface area contributed by atoms with E-state index in [0.717, 1.165) is 18.7 Å². The van der Waals surface area contributed by atoms with Crippen LogP contribution in [0, 0.1) is 11.3 Å². The van der Waals surface area contributed by atoms with Gasteiger partial charge in [0, 0.05) is 13.6 Å². The van der Waals surface area contributed by atoms with Gasteiger partial charge in [-0.2, -0.15) is 5.26 Å². The number of nitrogens with zero attached hydrogens (tertiary/aromatic N) is 2. The number of anilines is 1. The van der Waals surface area contributed by atoms with Crippen LogP contribution in [-0.4, -0.2) is 24.7 Å². The third-order valence-corrected chi connectivity index (χ3v) is 3.35. The monoisotopic (exact) mass is 280 g/mol. The molecule has 0 aliphatic rings. The van der Waals surface area contributed by atoms with E-state index >= 15 is 0 Å². The molecule has 0 saturated carbocycles. The first-order valence-corrected chi connectivity index (χ1v) is 6.64. The fourth-order valence-electron chi connectivity index (χ4n) is 2.15. The number of carbonyl (C=O) groups is 1. The molecule has 0 saturated heterocycles. The maximum atomic E-state index is 10.9. The summed E-state index contributed by atoms with van der Waals surface area (Å²) in [5.41, 5.74) is 2.49. The average molecular weight is 280 g/mol. The molecule has 0 aliphatic heterocycles. The van der Waals surface area contributed by atoms with Crippen molar-refractivity contribution in [2.45, 2.75) is 6.42 Å². The third kappa shape index (κ3) is 3.61. The maximum Gasteiger partial charge on any atom is 0.335 e. The summed E-state index contributed by atoms with van der Waals surface area (Å²) in [5, 5.41) is 18.2. The van der Waals surface area contributed by atoms with Crippen molar-refractivity contribution in [2.75, 3.05) is 18.5 Å². The number of likely N-dealkylation sites (N-methyl/N-ethyl adjacent to an activating group) is 1. The first-order chi connectivity index (χ1) is 10.1. The molecule has 4 heteroatoms. The molecule has 0 bridgehead atoms. The molecule has 0 unspecified atom stereocenters. The lowest BCUT2D eigenvalue weighted by atomic mass is 10.1. The summed E-state index contributed by atoms with van der Waals surface area (Å²) in [5.74, 6) is -1.02. The molecule has 1 N–H and O–H groups in total. The van der Waals surface area contributed by atoms with Gasteiger partial charge in [0.05, 0.1) is 16.8 Å². The van der Waals surface area contributed by atoms with Gasteiger partial charge in [-0.25, -0.2) is 4.79 Å². The normalized spacial score (nSPS) is 9.90. The zero-order chi connectivity index (χ0) is 15.2. The lowest BCUT2D eigenvalue weighted by molar-refractivity contribution is 0.0697. The van der Waals surface area contributed by atoms with Crippen molar-refractivity contribution in [3.63, 3.8) is 0 Å². The molecule has 21 heavy (non-hydrogen) atoms. The van der Waals surface area contributed by atoms with Crippen molar-refractivity contribution in [2.24, 2.45) is 0 Å². The van der Waals surface area contributed by atoms with Gasteiger partial charge in [0.1, 0.15) is 6.07 Å². The van der Waals surface area contributed by atoms with Gasteiger partial charge >= 0.3 is 5.97 Å². The van der Waals surface area contributed by atoms with Crippen LogP contribution in [0.15, 0.2) is 48.5 Å². The second kappa shape index (κ2) is 6.58. The van der Waals surface area contributed by atoms with E-state index in [1.165, 1.54) is 17.7 Å². The molecule has 0 fully saturated rings. The number of hydrogen-bond donors (Lipinski definition) is 1. The zero-order valence-electron chi connectivity index (χ0n) is 11.8. The van der Waals surface area contributed by atoms with Gasteiger partial charge in [0.15, 0.2) is 0 Å². The van der Waals surface area contributed by atoms with Gasteiger partial charge in [0.2, 0.25) is 0 Å². The highest BCUT2D eigenvalue weighted by Crippen LogP contribution is 2.21. The minimum atomic E-state index is -1.02. The summed E-state index contributed by atoms with van der Waals surface area (Å²) in [4.78, 5) is 12.9. The van der Waals surface area contributed by atoms with Gasteiger partial charge in [0.25, 0.3) is 0 Å². The largest absolute Gasteiger partial charge is 0.478 e. The number of hydrogen-bond acceptors (Lipinski definition) is 3. The molecule has 4 nitrogen and oxygen atoms in total. The van der Waals surface area contributed by atoms with Gasteiger partial charge in [-0.05, 0) is 30.2 Å². The van der Waals surface area contributed by atoms with Crippen molar-refractivity contribution in [3.05, 3.63) is 65.2 Å². The fourth-order valence-corrected chi connectivity index (χ4v) is 2.15. The molecule has 0 heterocycles. The van der Waals surface area contributed by atoms with Gasteiger partial charge in [-0.3, -0.25) is 0 Å². The summed E-state index contributed by atoms with van der Waals surface area (Å²) in [6.45, 7) is 0.755. The highest BCUT2D eigenvalue weighted by Gasteiger charge is 2.11. The van der Waals surface area contributed by atoms with E-state index in [1.807, 2.05) is 30.1 Å². The van der Waals surface area contributed by atoms with E-state index in [-0.39, 0.29) is 5.56 Å². The van der Waals surface area contributed by atoms with Crippen LogP contribution >= 0.6 is 0 Å². The molecule has 0 atom stereocenters. The van der Waals surface area contributed by atoms with Crippen molar-refractivity contribution in [1.82, 2.24) is 0 Å². The smallest absolute Gasteiger partial charge is 0.335 e. The van der Waals surface area contributed by atoms with Gasteiger partial charge < -0.3 is 10.0 Å². The molecular formula is C17H16N2O2. The Kier molecular flexibility index (Phi) is 4.57. The Balaban J connectivity index is 2.14. The highest BCUT2D eigenvalue weighted by molar-refractivity contribution is 5.89. The van der Waals surface area contributed by atoms with E-state index in [9.17, 15) is 10.1 Å². The number of rotatable bonds is 5. The number of aromatic carboxylic acids is 1. The summed E-state index contributed by atoms with van der Waals surface area (Å²) in [6, 6.07) is 16.8. The fraction of sp³-hybridized carbons (Fsp3) is 0.176. The quantitative estimate of drug-likeness (QED) is 0.914. The Morgan fingerprint density at radius 2 is 1.95 bits per heavy atom. The Bertz CT molecular complexity index is 675. The lowest BCUT2D eigenvalue weighted by Crippen LogP contribution is -2.21. The third-order valence-electron chi connectivity index (χ3n) is 3.35. The number of benzene rings is 2. The Morgan fingerprint density at radius 1 is 1.24 bits per heavy atom. The molecule has 2 rings (SSSR count). The molecule has 106 valence electrons. The van der Waals surface area contributed by atoms with E-state index in [2.05, 4.69) is 18.2 Å². The van der Waals surface area contributed by atoms with Crippen LogP contribution in [0.4, 0.5) is 5.69 Å². The predicted octanol–water partition coefficient (Wildman–Crippen LogP) is 2.94. The molecule has 0 amide bonds. The van der Waals surface area contributed by atoms with Crippen molar-refractivity contribution in [1.29, 1.82) is 5.26 Å². The average Bonchev–Trinajstić information content (AvgIpc) is 2.52. The van der Waals surface area contributed by atoms with E-state index < -0.39 is 5.97 Å². The Labute approximate surface area is 123 Å². The van der Waals surface area contributed by atoms with Crippen molar-refractivity contribution < 1.29 is 9.90 Å². The van der Waals surface area contributed by atoms with Crippen LogP contribution in [0.3, 0.4) is 0 Å². The van der Waals surface area contributed by atoms with Crippen LogP contribution < -0.4 is 4.90 Å². The number of carboxylic acid groups (broad SMARTS) is 1. The lowest BCUT2D eigenvalue weighted by Gasteiger charge is -2.20. The van der Waals surface area contributed by atoms with Crippen LogP contribution in [-0.2, 0) is 6.42 Å². The minimum absolute atomic E-state index is 0.131. The van der Waals surface area contributed by atoms with E-state index in [4.69, 9.17) is 5.11 Å². The van der Waals surface area contributed by atoms with Gasteiger partial charge in [-0.1, -0.05) is 30.3 Å². The van der Waals surface area contributed by atoms with Gasteiger partial charge in [-0.15, -0.1) is 0 Å². The summed E-state index contributed by atoms with van der Waals surface area (Å²) < 4.78 is 0. The molecule has 2 aromatic rings. The Morgan fingerprint density at radius 3 is 2.57 bits per heavy atom. The Hall–Kier alpha value is -2.80. The standard InChI is InChI=1S/C17H16N2O2/c1-19(10-9-13-5-3-2-4-6-13)16-8-7-14(17(20)21)11-15(16)12-18/h2-8,11H,9-10H2,1H3,(H,20,21). The highest BCUT2D eigenvalue weighted by atomic mass is 16.4. The first-order valence-electron chi connectivity index (χ1n) is 6.64. The van der Waals surface area contributed by atoms with E-state index in [0.29, 0.717) is 5.56 Å².